The molecule has 0 radical (unpaired) electrons. The molecule has 2 aromatic rings. The molecule has 0 aliphatic carbocycles. The summed E-state index contributed by atoms with van der Waals surface area (Å²) < 4.78 is 1.86. The Morgan fingerprint density at radius 3 is 2.90 bits per heavy atom. The van der Waals surface area contributed by atoms with Crippen LogP contribution in [0.2, 0.25) is 0 Å². The molecule has 106 valence electrons. The van der Waals surface area contributed by atoms with Crippen LogP contribution in [0.25, 0.3) is 11.4 Å². The third-order valence-corrected chi connectivity index (χ3v) is 3.30. The first kappa shape index (κ1) is 14.1. The number of nitrogens with zero attached hydrogens (tertiary/aromatic N) is 2. The number of imidazole rings is 1. The number of rotatable bonds is 1. The molecule has 0 bridgehead atoms. The van der Waals surface area contributed by atoms with Crippen molar-refractivity contribution in [3.63, 3.8) is 0 Å². The Morgan fingerprint density at radius 2 is 2.20 bits per heavy atom. The summed E-state index contributed by atoms with van der Waals surface area (Å²) in [5.74, 6) is -1.87. The number of carbonyl (C=O) groups is 1. The number of aromatic amines is 1. The molecule has 2 aromatic heterocycles. The van der Waals surface area contributed by atoms with Gasteiger partial charge in [-0.15, -0.1) is 12.4 Å². The second kappa shape index (κ2) is 5.01. The Bertz CT molecular complexity index is 735. The summed E-state index contributed by atoms with van der Waals surface area (Å²) in [5.41, 5.74) is 0.167. The highest BCUT2D eigenvalue weighted by Gasteiger charge is 2.25. The molecule has 0 atom stereocenters. The lowest BCUT2D eigenvalue weighted by Crippen LogP contribution is -2.20. The van der Waals surface area contributed by atoms with Crippen molar-refractivity contribution in [2.45, 2.75) is 19.4 Å². The number of halogens is 1. The summed E-state index contributed by atoms with van der Waals surface area (Å²) in [6.07, 6.45) is 4.46. The zero-order chi connectivity index (χ0) is 13.6. The van der Waals surface area contributed by atoms with E-state index in [2.05, 4.69) is 9.97 Å². The van der Waals surface area contributed by atoms with Crippen LogP contribution in [-0.2, 0) is 13.0 Å². The molecule has 0 aromatic carbocycles. The summed E-state index contributed by atoms with van der Waals surface area (Å²) in [7, 11) is 0. The largest absolute Gasteiger partial charge is 0.506 e. The fraction of sp³-hybridized carbons (Fsp3) is 0.250. The molecule has 0 saturated carbocycles. The van der Waals surface area contributed by atoms with Crippen LogP contribution in [0.5, 0.6) is 5.75 Å². The number of hydrogen-bond donors (Lipinski definition) is 3. The minimum Gasteiger partial charge on any atom is -0.506 e. The summed E-state index contributed by atoms with van der Waals surface area (Å²) in [4.78, 5) is 29.3. The van der Waals surface area contributed by atoms with Crippen molar-refractivity contribution >= 4 is 18.4 Å². The second-order valence-electron chi connectivity index (χ2n) is 4.41. The Hall–Kier alpha value is -2.28. The maximum absolute atomic E-state index is 11.8. The third kappa shape index (κ3) is 1.96. The summed E-state index contributed by atoms with van der Waals surface area (Å²) in [6, 6.07) is 0. The molecule has 1 aliphatic heterocycles. The number of H-pyrrole nitrogens is 1. The van der Waals surface area contributed by atoms with E-state index in [9.17, 15) is 14.7 Å². The molecule has 0 saturated heterocycles. The summed E-state index contributed by atoms with van der Waals surface area (Å²) in [6.45, 7) is 0.702. The van der Waals surface area contributed by atoms with Crippen LogP contribution >= 0.6 is 12.4 Å². The average Bonchev–Trinajstić information content (AvgIpc) is 2.73. The van der Waals surface area contributed by atoms with Crippen molar-refractivity contribution in [1.29, 1.82) is 0 Å². The van der Waals surface area contributed by atoms with Gasteiger partial charge in [-0.3, -0.25) is 4.79 Å². The quantitative estimate of drug-likeness (QED) is 0.728. The number of fused-ring (bicyclic) bond motifs is 3. The highest BCUT2D eigenvalue weighted by Crippen LogP contribution is 2.32. The molecule has 7 nitrogen and oxygen atoms in total. The van der Waals surface area contributed by atoms with E-state index in [-0.39, 0.29) is 12.4 Å². The van der Waals surface area contributed by atoms with Gasteiger partial charge in [0.2, 0.25) is 0 Å². The monoisotopic (exact) mass is 297 g/mol. The van der Waals surface area contributed by atoms with Gasteiger partial charge in [-0.2, -0.15) is 0 Å². The fourth-order valence-corrected chi connectivity index (χ4v) is 2.42. The summed E-state index contributed by atoms with van der Waals surface area (Å²) >= 11 is 0. The lowest BCUT2D eigenvalue weighted by Gasteiger charge is -2.10. The molecule has 0 amide bonds. The van der Waals surface area contributed by atoms with Gasteiger partial charge in [0.25, 0.3) is 5.56 Å². The standard InChI is InChI=1S/C12H11N3O4.ClH/c16-10-6-2-1-3-15-5-13-4-7(15)9(6)14-11(17)8(10)12(18)19;/h4-5H,1-3H2,(H,18,19)(H2,14,16,17);1H. The van der Waals surface area contributed by atoms with E-state index >= 15 is 0 Å². The van der Waals surface area contributed by atoms with E-state index in [4.69, 9.17) is 5.11 Å². The molecule has 3 N–H and O–H groups in total. The minimum absolute atomic E-state index is 0. The first-order valence-corrected chi connectivity index (χ1v) is 5.81. The van der Waals surface area contributed by atoms with Crippen LogP contribution in [0.1, 0.15) is 22.3 Å². The van der Waals surface area contributed by atoms with E-state index in [0.717, 1.165) is 6.42 Å². The van der Waals surface area contributed by atoms with Gasteiger partial charge in [0, 0.05) is 12.1 Å². The SMILES string of the molecule is Cl.O=C(O)c1c(O)c2c([nH]c1=O)-c1cncn1CCC2. The van der Waals surface area contributed by atoms with Gasteiger partial charge in [-0.1, -0.05) is 0 Å². The number of aryl methyl sites for hydroxylation is 1. The fourth-order valence-electron chi connectivity index (χ4n) is 2.42. The van der Waals surface area contributed by atoms with Gasteiger partial charge in [-0.25, -0.2) is 9.78 Å². The molecule has 3 heterocycles. The number of aromatic nitrogens is 3. The van der Waals surface area contributed by atoms with E-state index in [1.165, 1.54) is 0 Å². The lowest BCUT2D eigenvalue weighted by atomic mass is 10.0. The normalized spacial score (nSPS) is 12.8. The topological polar surface area (TPSA) is 108 Å². The number of pyridine rings is 1. The first-order chi connectivity index (χ1) is 9.09. The number of carboxylic acid groups (broad SMARTS) is 1. The van der Waals surface area contributed by atoms with Crippen LogP contribution in [0.15, 0.2) is 17.3 Å². The highest BCUT2D eigenvalue weighted by atomic mass is 35.5. The second-order valence-corrected chi connectivity index (χ2v) is 4.41. The molecule has 3 rings (SSSR count). The van der Waals surface area contributed by atoms with Crippen molar-refractivity contribution < 1.29 is 15.0 Å². The predicted molar refractivity (Wildman–Crippen MR) is 72.5 cm³/mol. The maximum atomic E-state index is 11.8. The first-order valence-electron chi connectivity index (χ1n) is 5.81. The zero-order valence-electron chi connectivity index (χ0n) is 10.3. The Balaban J connectivity index is 0.00000147. The van der Waals surface area contributed by atoms with E-state index in [1.807, 2.05) is 4.57 Å². The third-order valence-electron chi connectivity index (χ3n) is 3.30. The number of carboxylic acids is 1. The van der Waals surface area contributed by atoms with Crippen molar-refractivity contribution in [2.75, 3.05) is 0 Å². The van der Waals surface area contributed by atoms with Crippen LogP contribution in [0.3, 0.4) is 0 Å². The van der Waals surface area contributed by atoms with E-state index < -0.39 is 22.8 Å². The average molecular weight is 298 g/mol. The number of nitrogens with one attached hydrogen (secondary N) is 1. The van der Waals surface area contributed by atoms with Crippen molar-refractivity contribution in [3.05, 3.63) is 34.0 Å². The highest BCUT2D eigenvalue weighted by molar-refractivity contribution is 5.91. The van der Waals surface area contributed by atoms with Gasteiger partial charge in [-0.05, 0) is 12.8 Å². The van der Waals surface area contributed by atoms with Crippen molar-refractivity contribution in [3.8, 4) is 17.1 Å². The predicted octanol–water partition coefficient (Wildman–Crippen LogP) is 1.01. The molecular weight excluding hydrogens is 286 g/mol. The van der Waals surface area contributed by atoms with Gasteiger partial charge in [0.15, 0.2) is 5.56 Å². The lowest BCUT2D eigenvalue weighted by molar-refractivity contribution is 0.0691. The van der Waals surface area contributed by atoms with Gasteiger partial charge >= 0.3 is 5.97 Å². The molecule has 0 fully saturated rings. The number of aromatic hydroxyl groups is 1. The molecule has 0 unspecified atom stereocenters. The Morgan fingerprint density at radius 1 is 1.45 bits per heavy atom. The van der Waals surface area contributed by atoms with Gasteiger partial charge < -0.3 is 19.8 Å². The molecular formula is C12H12ClN3O4. The van der Waals surface area contributed by atoms with Crippen LogP contribution in [0.4, 0.5) is 0 Å². The van der Waals surface area contributed by atoms with Gasteiger partial charge in [0.1, 0.15) is 5.75 Å². The van der Waals surface area contributed by atoms with Crippen LogP contribution < -0.4 is 5.56 Å². The van der Waals surface area contributed by atoms with Crippen molar-refractivity contribution in [1.82, 2.24) is 14.5 Å². The minimum atomic E-state index is -1.43. The number of hydrogen-bond acceptors (Lipinski definition) is 4. The van der Waals surface area contributed by atoms with E-state index in [0.29, 0.717) is 29.9 Å². The van der Waals surface area contributed by atoms with Crippen LogP contribution in [0, 0.1) is 0 Å². The van der Waals surface area contributed by atoms with Gasteiger partial charge in [0.05, 0.1) is 23.9 Å². The van der Waals surface area contributed by atoms with Crippen molar-refractivity contribution in [2.24, 2.45) is 0 Å². The molecule has 20 heavy (non-hydrogen) atoms. The van der Waals surface area contributed by atoms with Crippen LogP contribution in [-0.4, -0.2) is 30.7 Å². The Labute approximate surface area is 119 Å². The number of aromatic carboxylic acids is 1. The smallest absolute Gasteiger partial charge is 0.345 e. The Kier molecular flexibility index (Phi) is 3.54. The molecule has 8 heteroatoms. The maximum Gasteiger partial charge on any atom is 0.345 e. The molecule has 1 aliphatic rings. The zero-order valence-corrected chi connectivity index (χ0v) is 11.1. The molecule has 0 spiro atoms. The van der Waals surface area contributed by atoms with E-state index in [1.54, 1.807) is 12.5 Å². The summed E-state index contributed by atoms with van der Waals surface area (Å²) in [5, 5.41) is 19.0.